The standard InChI is InChI=1S/C26H30N2O3S.HI/c1-5-32-26(27-24-8-6-7-9-25(24)31-4)28(18-20-10-14-22(29-2)15-11-20)19-21-12-16-23(30-3)17-13-21;/h6-17H,5,18-19H2,1-4H3;1H. The third kappa shape index (κ3) is 7.85. The summed E-state index contributed by atoms with van der Waals surface area (Å²) in [4.78, 5) is 7.31. The molecule has 3 rings (SSSR count). The molecule has 0 heterocycles. The summed E-state index contributed by atoms with van der Waals surface area (Å²) in [6.07, 6.45) is 0. The first kappa shape index (κ1) is 26.9. The number of amidine groups is 1. The Labute approximate surface area is 218 Å². The van der Waals surface area contributed by atoms with E-state index in [-0.39, 0.29) is 24.0 Å². The molecule has 0 saturated carbocycles. The molecule has 0 aliphatic carbocycles. The number of hydrogen-bond donors (Lipinski definition) is 0. The average molecular weight is 579 g/mol. The van der Waals surface area contributed by atoms with Crippen LogP contribution in [0.4, 0.5) is 5.69 Å². The molecule has 0 saturated heterocycles. The summed E-state index contributed by atoms with van der Waals surface area (Å²) in [5.41, 5.74) is 3.19. The van der Waals surface area contributed by atoms with Crippen molar-refractivity contribution in [3.8, 4) is 17.2 Å². The van der Waals surface area contributed by atoms with Gasteiger partial charge in [-0.25, -0.2) is 4.99 Å². The molecule has 0 bridgehead atoms. The molecule has 0 aromatic heterocycles. The van der Waals surface area contributed by atoms with Crippen molar-refractivity contribution in [2.24, 2.45) is 4.99 Å². The van der Waals surface area contributed by atoms with Gasteiger partial charge in [-0.2, -0.15) is 0 Å². The van der Waals surface area contributed by atoms with E-state index in [0.29, 0.717) is 0 Å². The lowest BCUT2D eigenvalue weighted by Gasteiger charge is -2.26. The number of nitrogens with zero attached hydrogens (tertiary/aromatic N) is 2. The highest BCUT2D eigenvalue weighted by Gasteiger charge is 2.15. The monoisotopic (exact) mass is 578 g/mol. The summed E-state index contributed by atoms with van der Waals surface area (Å²) in [5, 5.41) is 0.948. The molecule has 5 nitrogen and oxygen atoms in total. The predicted octanol–water partition coefficient (Wildman–Crippen LogP) is 6.77. The molecule has 0 aliphatic heterocycles. The average Bonchev–Trinajstić information content (AvgIpc) is 2.84. The molecule has 0 N–H and O–H groups in total. The van der Waals surface area contributed by atoms with Gasteiger partial charge in [0.05, 0.1) is 21.3 Å². The molecule has 0 fully saturated rings. The lowest BCUT2D eigenvalue weighted by molar-refractivity contribution is 0.404. The smallest absolute Gasteiger partial charge is 0.165 e. The highest BCUT2D eigenvalue weighted by molar-refractivity contribution is 14.0. The minimum absolute atomic E-state index is 0. The van der Waals surface area contributed by atoms with Crippen molar-refractivity contribution < 1.29 is 14.2 Å². The van der Waals surface area contributed by atoms with Crippen LogP contribution in [0.5, 0.6) is 17.2 Å². The van der Waals surface area contributed by atoms with Crippen molar-refractivity contribution in [2.45, 2.75) is 20.0 Å². The Kier molecular flexibility index (Phi) is 11.4. The first-order valence-corrected chi connectivity index (χ1v) is 11.5. The van der Waals surface area contributed by atoms with Gasteiger partial charge in [0.25, 0.3) is 0 Å². The van der Waals surface area contributed by atoms with Crippen LogP contribution in [0.2, 0.25) is 0 Å². The predicted molar refractivity (Wildman–Crippen MR) is 149 cm³/mol. The van der Waals surface area contributed by atoms with Gasteiger partial charge in [0.15, 0.2) is 5.17 Å². The Morgan fingerprint density at radius 3 is 1.73 bits per heavy atom. The molecule has 0 aliphatic rings. The van der Waals surface area contributed by atoms with Gasteiger partial charge in [0.2, 0.25) is 0 Å². The highest BCUT2D eigenvalue weighted by Crippen LogP contribution is 2.29. The lowest BCUT2D eigenvalue weighted by Crippen LogP contribution is -2.28. The fourth-order valence-corrected chi connectivity index (χ4v) is 3.98. The number of para-hydroxylation sites is 2. The second-order valence-electron chi connectivity index (χ2n) is 7.05. The maximum Gasteiger partial charge on any atom is 0.165 e. The Morgan fingerprint density at radius 2 is 1.27 bits per heavy atom. The van der Waals surface area contributed by atoms with Gasteiger partial charge in [-0.1, -0.05) is 55.1 Å². The van der Waals surface area contributed by atoms with Crippen molar-refractivity contribution in [1.29, 1.82) is 0 Å². The van der Waals surface area contributed by atoms with Crippen LogP contribution in [0.25, 0.3) is 0 Å². The third-order valence-electron chi connectivity index (χ3n) is 4.91. The fourth-order valence-electron chi connectivity index (χ4n) is 3.24. The molecule has 0 radical (unpaired) electrons. The van der Waals surface area contributed by atoms with Crippen LogP contribution >= 0.6 is 35.7 Å². The van der Waals surface area contributed by atoms with E-state index in [1.165, 1.54) is 11.1 Å². The summed E-state index contributed by atoms with van der Waals surface area (Å²) in [6, 6.07) is 24.2. The molecule has 0 amide bonds. The molecule has 176 valence electrons. The number of benzene rings is 3. The summed E-state index contributed by atoms with van der Waals surface area (Å²) < 4.78 is 16.2. The molecule has 3 aromatic carbocycles. The number of aliphatic imine (C=N–C) groups is 1. The Bertz CT molecular complexity index is 961. The number of rotatable bonds is 9. The Balaban J connectivity index is 0.00000385. The maximum absolute atomic E-state index is 5.53. The molecule has 0 unspecified atom stereocenters. The van der Waals surface area contributed by atoms with E-state index >= 15 is 0 Å². The first-order chi connectivity index (χ1) is 15.7. The van der Waals surface area contributed by atoms with Gasteiger partial charge in [-0.15, -0.1) is 24.0 Å². The maximum atomic E-state index is 5.53. The molecular weight excluding hydrogens is 547 g/mol. The second kappa shape index (κ2) is 14.0. The molecule has 0 spiro atoms. The van der Waals surface area contributed by atoms with Crippen LogP contribution in [-0.2, 0) is 13.1 Å². The zero-order valence-corrected chi connectivity index (χ0v) is 22.6. The highest BCUT2D eigenvalue weighted by atomic mass is 127. The largest absolute Gasteiger partial charge is 0.497 e. The van der Waals surface area contributed by atoms with Crippen molar-refractivity contribution >= 4 is 46.6 Å². The van der Waals surface area contributed by atoms with Crippen LogP contribution in [0.15, 0.2) is 77.8 Å². The second-order valence-corrected chi connectivity index (χ2v) is 8.28. The third-order valence-corrected chi connectivity index (χ3v) is 5.81. The summed E-state index contributed by atoms with van der Waals surface area (Å²) in [5.74, 6) is 3.37. The topological polar surface area (TPSA) is 43.3 Å². The van der Waals surface area contributed by atoms with Crippen LogP contribution < -0.4 is 14.2 Å². The van der Waals surface area contributed by atoms with Gasteiger partial charge in [0, 0.05) is 13.1 Å². The number of methoxy groups -OCH3 is 3. The van der Waals surface area contributed by atoms with Crippen molar-refractivity contribution in [3.05, 3.63) is 83.9 Å². The van der Waals surface area contributed by atoms with E-state index in [1.807, 2.05) is 48.5 Å². The number of hydrogen-bond acceptors (Lipinski definition) is 5. The SMILES string of the molecule is CCSC(=Nc1ccccc1OC)N(Cc1ccc(OC)cc1)Cc1ccc(OC)cc1.I. The zero-order valence-electron chi connectivity index (χ0n) is 19.5. The Morgan fingerprint density at radius 1 is 0.758 bits per heavy atom. The molecule has 33 heavy (non-hydrogen) atoms. The number of thioether (sulfide) groups is 1. The summed E-state index contributed by atoms with van der Waals surface area (Å²) in [6.45, 7) is 3.58. The van der Waals surface area contributed by atoms with Crippen molar-refractivity contribution in [1.82, 2.24) is 4.90 Å². The molecule has 3 aromatic rings. The molecule has 0 atom stereocenters. The van der Waals surface area contributed by atoms with Gasteiger partial charge in [-0.3, -0.25) is 0 Å². The minimum Gasteiger partial charge on any atom is -0.497 e. The van der Waals surface area contributed by atoms with Crippen LogP contribution in [0, 0.1) is 0 Å². The van der Waals surface area contributed by atoms with Crippen LogP contribution in [0.1, 0.15) is 18.1 Å². The Hall–Kier alpha value is -2.39. The van der Waals surface area contributed by atoms with E-state index in [1.54, 1.807) is 33.1 Å². The minimum atomic E-state index is 0. The van der Waals surface area contributed by atoms with Crippen molar-refractivity contribution in [2.75, 3.05) is 27.1 Å². The van der Waals surface area contributed by atoms with E-state index in [9.17, 15) is 0 Å². The summed E-state index contributed by atoms with van der Waals surface area (Å²) >= 11 is 1.72. The van der Waals surface area contributed by atoms with Crippen LogP contribution in [0.3, 0.4) is 0 Å². The van der Waals surface area contributed by atoms with Crippen molar-refractivity contribution in [3.63, 3.8) is 0 Å². The summed E-state index contributed by atoms with van der Waals surface area (Å²) in [7, 11) is 5.04. The van der Waals surface area contributed by atoms with Crippen LogP contribution in [-0.4, -0.2) is 37.1 Å². The van der Waals surface area contributed by atoms with E-state index in [2.05, 4.69) is 36.1 Å². The van der Waals surface area contributed by atoms with E-state index < -0.39 is 0 Å². The number of halogens is 1. The molecular formula is C26H31IN2O3S. The van der Waals surface area contributed by atoms with Gasteiger partial charge >= 0.3 is 0 Å². The first-order valence-electron chi connectivity index (χ1n) is 10.5. The quantitative estimate of drug-likeness (QED) is 0.159. The fraction of sp³-hybridized carbons (Fsp3) is 0.269. The van der Waals surface area contributed by atoms with Gasteiger partial charge in [-0.05, 0) is 53.3 Å². The molecule has 7 heteroatoms. The lowest BCUT2D eigenvalue weighted by atomic mass is 10.1. The zero-order chi connectivity index (χ0) is 22.8. The van der Waals surface area contributed by atoms with E-state index in [4.69, 9.17) is 19.2 Å². The van der Waals surface area contributed by atoms with E-state index in [0.717, 1.165) is 46.9 Å². The van der Waals surface area contributed by atoms with Gasteiger partial charge in [0.1, 0.15) is 22.9 Å². The normalized spacial score (nSPS) is 10.8. The van der Waals surface area contributed by atoms with Gasteiger partial charge < -0.3 is 19.1 Å². The number of ether oxygens (including phenoxy) is 3.